The molecule has 0 atom stereocenters. The van der Waals surface area contributed by atoms with Gasteiger partial charge in [-0.15, -0.1) is 11.3 Å². The van der Waals surface area contributed by atoms with E-state index in [-0.39, 0.29) is 11.1 Å². The monoisotopic (exact) mass is 1020 g/mol. The van der Waals surface area contributed by atoms with Crippen LogP contribution in [0.2, 0.25) is 10.6 Å². The molecule has 11 rings (SSSR count). The van der Waals surface area contributed by atoms with E-state index in [1.54, 1.807) is 42.0 Å². The second kappa shape index (κ2) is 19.4. The first-order valence-electron chi connectivity index (χ1n) is 18.9. The summed E-state index contributed by atoms with van der Waals surface area (Å²) in [6.45, 7) is 3.09. The van der Waals surface area contributed by atoms with E-state index in [2.05, 4.69) is 95.6 Å². The molecule has 0 unspecified atom stereocenters. The van der Waals surface area contributed by atoms with Gasteiger partial charge in [-0.1, -0.05) is 56.1 Å². The van der Waals surface area contributed by atoms with Crippen LogP contribution in [0, 0.1) is 0 Å². The van der Waals surface area contributed by atoms with Gasteiger partial charge in [-0.3, -0.25) is 19.2 Å². The number of nitrogens with zero attached hydrogens (tertiary/aromatic N) is 7. The number of fused-ring (bicyclic) bond motifs is 5. The summed E-state index contributed by atoms with van der Waals surface area (Å²) in [5.41, 5.74) is 9.10. The van der Waals surface area contributed by atoms with Gasteiger partial charge >= 0.3 is 5.97 Å². The summed E-state index contributed by atoms with van der Waals surface area (Å²) in [7, 11) is 0. The van der Waals surface area contributed by atoms with Crippen LogP contribution in [0.25, 0.3) is 26.6 Å². The lowest BCUT2D eigenvalue weighted by atomic mass is 10.1. The number of carbonyl (C=O) groups is 2. The lowest BCUT2D eigenvalue weighted by Crippen LogP contribution is -1.98. The molecule has 0 bridgehead atoms. The number of rotatable bonds is 6. The third-order valence-electron chi connectivity index (χ3n) is 9.45. The number of carboxylic acid groups (broad SMARTS) is 1. The first-order chi connectivity index (χ1) is 30.4. The number of hydrogen-bond acceptors (Lipinski definition) is 11. The fourth-order valence-corrected chi connectivity index (χ4v) is 8.60. The van der Waals surface area contributed by atoms with E-state index >= 15 is 0 Å². The molecule has 13 nitrogen and oxygen atoms in total. The molecular weight excluding hydrogens is 991 g/mol. The molecule has 0 saturated heterocycles. The van der Waals surface area contributed by atoms with Crippen LogP contribution in [0.4, 0.5) is 23.0 Å². The van der Waals surface area contributed by atoms with Crippen molar-refractivity contribution in [2.24, 2.45) is 9.98 Å². The van der Waals surface area contributed by atoms with Gasteiger partial charge in [0.25, 0.3) is 0 Å². The Kier molecular flexibility index (Phi) is 13.3. The number of nitrogens with one attached hydrogen (secondary N) is 3. The van der Waals surface area contributed by atoms with E-state index in [0.29, 0.717) is 27.5 Å². The van der Waals surface area contributed by atoms with Crippen LogP contribution in [-0.2, 0) is 13.1 Å². The van der Waals surface area contributed by atoms with Gasteiger partial charge in [-0.25, -0.2) is 24.7 Å². The first kappa shape index (κ1) is 43.4. The summed E-state index contributed by atoms with van der Waals surface area (Å²) in [4.78, 5) is 50.0. The number of aromatic amines is 1. The molecule has 2 aliphatic heterocycles. The van der Waals surface area contributed by atoms with Crippen LogP contribution >= 0.6 is 66.4 Å². The number of thiophene rings is 1. The van der Waals surface area contributed by atoms with Crippen LogP contribution < -0.4 is 10.6 Å². The van der Waals surface area contributed by atoms with Crippen molar-refractivity contribution in [2.45, 2.75) is 20.0 Å². The highest BCUT2D eigenvalue weighted by Gasteiger charge is 2.11. The maximum absolute atomic E-state index is 11.1. The first-order valence-corrected chi connectivity index (χ1v) is 22.1. The van der Waals surface area contributed by atoms with Crippen LogP contribution in [0.15, 0.2) is 135 Å². The van der Waals surface area contributed by atoms with Crippen molar-refractivity contribution < 1.29 is 14.7 Å². The predicted molar refractivity (Wildman–Crippen MR) is 260 cm³/mol. The fraction of sp³-hybridized carbons (Fsp3) is 0.0667. The summed E-state index contributed by atoms with van der Waals surface area (Å²) < 4.78 is 4.70. The van der Waals surface area contributed by atoms with Crippen molar-refractivity contribution in [3.05, 3.63) is 168 Å². The number of aromatic nitrogens is 6. The summed E-state index contributed by atoms with van der Waals surface area (Å²) in [6.07, 6.45) is 8.86. The maximum atomic E-state index is 11.1. The van der Waals surface area contributed by atoms with Crippen molar-refractivity contribution in [1.82, 2.24) is 29.3 Å². The second-order valence-corrected chi connectivity index (χ2v) is 17.5. The number of carbonyl (C=O) groups excluding carboxylic acids is 1. The Labute approximate surface area is 390 Å². The van der Waals surface area contributed by atoms with Gasteiger partial charge in [0.2, 0.25) is 10.6 Å². The Hall–Kier alpha value is -6.30. The number of carboxylic acids is 1. The second-order valence-electron chi connectivity index (χ2n) is 13.9. The molecule has 63 heavy (non-hydrogen) atoms. The molecule has 9 aromatic rings. The number of ketones is 1. The van der Waals surface area contributed by atoms with E-state index in [0.717, 1.165) is 71.2 Å². The van der Waals surface area contributed by atoms with E-state index in [9.17, 15) is 9.59 Å². The van der Waals surface area contributed by atoms with Crippen molar-refractivity contribution in [1.29, 1.82) is 0 Å². The lowest BCUT2D eigenvalue weighted by molar-refractivity contribution is 0.0702. The predicted octanol–water partition coefficient (Wildman–Crippen LogP) is 12.4. The third-order valence-corrected chi connectivity index (χ3v) is 12.0. The molecular formula is C45H32Br2Cl2N10O3S. The van der Waals surface area contributed by atoms with Crippen LogP contribution in [0.3, 0.4) is 0 Å². The lowest BCUT2D eigenvalue weighted by Gasteiger charge is -2.08. The zero-order valence-electron chi connectivity index (χ0n) is 32.9. The molecule has 5 aromatic heterocycles. The smallest absolute Gasteiger partial charge is 0.345 e. The normalized spacial score (nSPS) is 11.8. The largest absolute Gasteiger partial charge is 0.477 e. The number of halogens is 4. The molecule has 0 radical (unpaired) electrons. The number of benzene rings is 4. The molecule has 4 N–H and O–H groups in total. The number of aliphatic imine (C=N–C) groups is 2. The Morgan fingerprint density at radius 2 is 1.41 bits per heavy atom. The number of imidazole rings is 1. The number of aromatic carboxylic acids is 1. The average molecular weight is 1020 g/mol. The number of Topliss-reactive ketones (excluding diaryl/α,β-unsaturated/α-hetero) is 1. The Morgan fingerprint density at radius 3 is 2.08 bits per heavy atom. The topological polar surface area (TPSA) is 175 Å². The molecule has 0 amide bonds. The number of anilines is 4. The van der Waals surface area contributed by atoms with Gasteiger partial charge in [-0.05, 0) is 118 Å². The van der Waals surface area contributed by atoms with E-state index in [1.165, 1.54) is 22.5 Å². The van der Waals surface area contributed by atoms with E-state index < -0.39 is 5.97 Å². The summed E-state index contributed by atoms with van der Waals surface area (Å²) >= 11 is 19.8. The minimum Gasteiger partial charge on any atom is -0.477 e. The molecule has 0 fully saturated rings. The Balaban J connectivity index is 0.000000117. The minimum absolute atomic E-state index is 0.0623. The fourth-order valence-electron chi connectivity index (χ4n) is 6.41. The molecule has 314 valence electrons. The van der Waals surface area contributed by atoms with Crippen LogP contribution in [0.1, 0.15) is 49.3 Å². The molecule has 18 heteroatoms. The zero-order valence-corrected chi connectivity index (χ0v) is 38.4. The molecule has 4 aromatic carbocycles. The Morgan fingerprint density at radius 1 is 0.746 bits per heavy atom. The van der Waals surface area contributed by atoms with Gasteiger partial charge < -0.3 is 20.7 Å². The minimum atomic E-state index is -0.864. The SMILES string of the molecule is CC(=O)c1cc2ccc(Br)cc2[nH]1.Clc1nc(Nc2ccc3c(c2)C=NC3)cc2nccn12.Clc1nccc(Nc2ccc3c(c2)C=NC3)n1.O=C(O)c1cc2ccc(Br)cc2s1. The van der Waals surface area contributed by atoms with Crippen molar-refractivity contribution in [3.8, 4) is 0 Å². The molecule has 0 saturated carbocycles. The van der Waals surface area contributed by atoms with Crippen molar-refractivity contribution >= 4 is 140 Å². The van der Waals surface area contributed by atoms with Gasteiger partial charge in [0.15, 0.2) is 5.78 Å². The van der Waals surface area contributed by atoms with Gasteiger partial charge in [0, 0.05) is 79.9 Å². The van der Waals surface area contributed by atoms with E-state index in [1.807, 2.05) is 79.2 Å². The third kappa shape index (κ3) is 10.8. The summed E-state index contributed by atoms with van der Waals surface area (Å²) in [5, 5.41) is 17.8. The molecule has 2 aliphatic rings. The van der Waals surface area contributed by atoms with Gasteiger partial charge in [-0.2, -0.15) is 0 Å². The summed E-state index contributed by atoms with van der Waals surface area (Å²) in [6, 6.07) is 31.0. The highest BCUT2D eigenvalue weighted by Crippen LogP contribution is 2.29. The van der Waals surface area contributed by atoms with Crippen molar-refractivity contribution in [3.63, 3.8) is 0 Å². The zero-order chi connectivity index (χ0) is 44.0. The number of H-pyrrole nitrogens is 1. The van der Waals surface area contributed by atoms with Crippen LogP contribution in [0.5, 0.6) is 0 Å². The van der Waals surface area contributed by atoms with Crippen molar-refractivity contribution in [2.75, 3.05) is 10.6 Å². The van der Waals surface area contributed by atoms with Gasteiger partial charge in [0.1, 0.15) is 22.2 Å². The molecule has 0 aliphatic carbocycles. The highest BCUT2D eigenvalue weighted by molar-refractivity contribution is 9.10. The highest BCUT2D eigenvalue weighted by atomic mass is 79.9. The summed E-state index contributed by atoms with van der Waals surface area (Å²) in [5.74, 6) is 0.549. The standard InChI is InChI=1S/C14H10ClN5.C12H9ClN4.C10H8BrNO.C9H5BrO2S/c15-14-19-12(6-13-17-3-4-20(13)14)18-11-2-1-9-7-16-8-10(9)5-11;13-12-15-4-3-11(17-12)16-10-2-1-8-6-14-7-9(8)5-10;1-6(13)9-4-7-2-3-8(11)5-10(7)12-9;10-6-2-1-5-3-8(9(11)12)13-7(5)4-6/h1-6,8,18H,7H2;1-5,7H,6H2,(H,15,16,17);2-5,12H,1H3;1-4H,(H,11,12). The van der Waals surface area contributed by atoms with Gasteiger partial charge in [0.05, 0.1) is 18.8 Å². The Bertz CT molecular complexity index is 3150. The molecule has 7 heterocycles. The number of hydrogen-bond donors (Lipinski definition) is 4. The quantitative estimate of drug-likeness (QED) is 0.0933. The van der Waals surface area contributed by atoms with E-state index in [4.69, 9.17) is 28.3 Å². The molecule has 0 spiro atoms. The maximum Gasteiger partial charge on any atom is 0.345 e. The van der Waals surface area contributed by atoms with Crippen LogP contribution in [-0.4, -0.2) is 58.6 Å². The average Bonchev–Trinajstić information content (AvgIpc) is 4.11.